The number of H-pyrrole nitrogens is 1. The van der Waals surface area contributed by atoms with Crippen molar-refractivity contribution in [2.75, 3.05) is 31.1 Å². The van der Waals surface area contributed by atoms with Crippen molar-refractivity contribution in [1.82, 2.24) is 9.88 Å². The number of aromatic nitrogens is 1. The molecule has 0 atom stereocenters. The third kappa shape index (κ3) is 2.62. The number of nitrogens with zero attached hydrogens (tertiary/aromatic N) is 2. The molecular formula is C23H25N3O. The molecule has 0 radical (unpaired) electrons. The summed E-state index contributed by atoms with van der Waals surface area (Å²) in [6.45, 7) is 5.52. The van der Waals surface area contributed by atoms with Gasteiger partial charge in [-0.15, -0.1) is 0 Å². The van der Waals surface area contributed by atoms with Crippen LogP contribution in [0.3, 0.4) is 0 Å². The van der Waals surface area contributed by atoms with E-state index in [9.17, 15) is 4.79 Å². The number of fused-ring (bicyclic) bond motifs is 1. The minimum Gasteiger partial charge on any atom is -0.368 e. The van der Waals surface area contributed by atoms with Crippen LogP contribution in [-0.4, -0.2) is 42.0 Å². The Kier molecular flexibility index (Phi) is 3.74. The number of anilines is 1. The Labute approximate surface area is 159 Å². The average molecular weight is 359 g/mol. The largest absolute Gasteiger partial charge is 0.368 e. The smallest absolute Gasteiger partial charge is 0.233 e. The molecule has 1 saturated heterocycles. The Balaban J connectivity index is 1.38. The molecule has 5 rings (SSSR count). The van der Waals surface area contributed by atoms with Gasteiger partial charge in [-0.1, -0.05) is 36.4 Å². The number of hydrogen-bond donors (Lipinski definition) is 1. The van der Waals surface area contributed by atoms with Gasteiger partial charge in [0.2, 0.25) is 5.91 Å². The van der Waals surface area contributed by atoms with Crippen molar-refractivity contribution in [3.05, 3.63) is 65.9 Å². The number of aryl methyl sites for hydroxylation is 1. The Hall–Kier alpha value is -2.75. The summed E-state index contributed by atoms with van der Waals surface area (Å²) >= 11 is 0. The molecule has 1 saturated carbocycles. The van der Waals surface area contributed by atoms with Crippen molar-refractivity contribution in [2.45, 2.75) is 25.2 Å². The average Bonchev–Trinajstić information content (AvgIpc) is 3.44. The van der Waals surface area contributed by atoms with E-state index < -0.39 is 0 Å². The molecule has 1 aromatic heterocycles. The van der Waals surface area contributed by atoms with Gasteiger partial charge in [-0.25, -0.2) is 0 Å². The van der Waals surface area contributed by atoms with Crippen LogP contribution in [0.2, 0.25) is 0 Å². The van der Waals surface area contributed by atoms with Crippen LogP contribution < -0.4 is 4.90 Å². The second-order valence-electron chi connectivity index (χ2n) is 7.87. The monoisotopic (exact) mass is 359 g/mol. The molecule has 0 bridgehead atoms. The van der Waals surface area contributed by atoms with Gasteiger partial charge in [0.1, 0.15) is 0 Å². The van der Waals surface area contributed by atoms with E-state index >= 15 is 0 Å². The highest BCUT2D eigenvalue weighted by Gasteiger charge is 2.55. The normalized spacial score (nSPS) is 18.7. The third-order valence-corrected chi connectivity index (χ3v) is 6.22. The molecule has 0 spiro atoms. The Bertz CT molecular complexity index is 979. The van der Waals surface area contributed by atoms with Crippen LogP contribution in [0.5, 0.6) is 0 Å². The topological polar surface area (TPSA) is 39.3 Å². The molecule has 2 fully saturated rings. The number of amides is 1. The zero-order valence-electron chi connectivity index (χ0n) is 15.7. The molecular weight excluding hydrogens is 334 g/mol. The molecule has 2 aliphatic rings. The van der Waals surface area contributed by atoms with Crippen molar-refractivity contribution in [3.63, 3.8) is 0 Å². The first kappa shape index (κ1) is 16.4. The molecule has 4 heteroatoms. The SMILES string of the molecule is Cc1[nH]c2ccccc2c1C1(C(=O)N2CCN(c3ccccc3)CC2)CC1. The van der Waals surface area contributed by atoms with Gasteiger partial charge in [0.25, 0.3) is 0 Å². The number of para-hydroxylation sites is 2. The van der Waals surface area contributed by atoms with Gasteiger partial charge in [0, 0.05) is 48.5 Å². The zero-order chi connectivity index (χ0) is 18.4. The first-order valence-electron chi connectivity index (χ1n) is 9.86. The fraction of sp³-hybridized carbons (Fsp3) is 0.348. The van der Waals surface area contributed by atoms with E-state index in [1.54, 1.807) is 0 Å². The van der Waals surface area contributed by atoms with E-state index in [1.807, 2.05) is 12.1 Å². The van der Waals surface area contributed by atoms with E-state index in [2.05, 4.69) is 64.2 Å². The van der Waals surface area contributed by atoms with Crippen LogP contribution in [0.25, 0.3) is 10.9 Å². The second kappa shape index (κ2) is 6.15. The number of aromatic amines is 1. The van der Waals surface area contributed by atoms with E-state index in [0.717, 1.165) is 50.2 Å². The van der Waals surface area contributed by atoms with Gasteiger partial charge in [-0.3, -0.25) is 4.79 Å². The minimum absolute atomic E-state index is 0.307. The van der Waals surface area contributed by atoms with Crippen molar-refractivity contribution in [2.24, 2.45) is 0 Å². The summed E-state index contributed by atoms with van der Waals surface area (Å²) in [6.07, 6.45) is 1.93. The van der Waals surface area contributed by atoms with Gasteiger partial charge in [0.15, 0.2) is 0 Å². The van der Waals surface area contributed by atoms with Gasteiger partial charge < -0.3 is 14.8 Å². The summed E-state index contributed by atoms with van der Waals surface area (Å²) < 4.78 is 0. The maximum absolute atomic E-state index is 13.5. The minimum atomic E-state index is -0.307. The number of nitrogens with one attached hydrogen (secondary N) is 1. The summed E-state index contributed by atoms with van der Waals surface area (Å²) in [5.41, 5.74) is 4.45. The molecule has 1 amide bonds. The lowest BCUT2D eigenvalue weighted by molar-refractivity contribution is -0.134. The molecule has 138 valence electrons. The quantitative estimate of drug-likeness (QED) is 0.771. The lowest BCUT2D eigenvalue weighted by atomic mass is 9.91. The Morgan fingerprint density at radius 3 is 2.30 bits per heavy atom. The lowest BCUT2D eigenvalue weighted by Crippen LogP contribution is -2.51. The van der Waals surface area contributed by atoms with Crippen molar-refractivity contribution < 1.29 is 4.79 Å². The molecule has 1 aliphatic heterocycles. The predicted molar refractivity (Wildman–Crippen MR) is 109 cm³/mol. The summed E-state index contributed by atoms with van der Waals surface area (Å²) in [6, 6.07) is 18.9. The molecule has 1 aliphatic carbocycles. The van der Waals surface area contributed by atoms with Gasteiger partial charge in [0.05, 0.1) is 5.41 Å². The standard InChI is InChI=1S/C23H25N3O/c1-17-21(19-9-5-6-10-20(19)24-17)23(11-12-23)22(27)26-15-13-25(14-16-26)18-7-3-2-4-8-18/h2-10,24H,11-16H2,1H3. The number of carbonyl (C=O) groups is 1. The van der Waals surface area contributed by atoms with Crippen molar-refractivity contribution in [1.29, 1.82) is 0 Å². The third-order valence-electron chi connectivity index (χ3n) is 6.22. The van der Waals surface area contributed by atoms with Crippen LogP contribution in [0.1, 0.15) is 24.1 Å². The van der Waals surface area contributed by atoms with E-state index in [4.69, 9.17) is 0 Å². The molecule has 1 N–H and O–H groups in total. The maximum atomic E-state index is 13.5. The van der Waals surface area contributed by atoms with Gasteiger partial charge >= 0.3 is 0 Å². The first-order chi connectivity index (χ1) is 13.2. The van der Waals surface area contributed by atoms with Crippen LogP contribution in [0.4, 0.5) is 5.69 Å². The van der Waals surface area contributed by atoms with Crippen LogP contribution >= 0.6 is 0 Å². The Morgan fingerprint density at radius 2 is 1.59 bits per heavy atom. The second-order valence-corrected chi connectivity index (χ2v) is 7.87. The number of benzene rings is 2. The molecule has 0 unspecified atom stereocenters. The highest BCUT2D eigenvalue weighted by Crippen LogP contribution is 2.53. The number of carbonyl (C=O) groups excluding carboxylic acids is 1. The van der Waals surface area contributed by atoms with Crippen LogP contribution in [0, 0.1) is 6.92 Å². The van der Waals surface area contributed by atoms with Crippen molar-refractivity contribution in [3.8, 4) is 0 Å². The van der Waals surface area contributed by atoms with E-state index in [1.165, 1.54) is 16.6 Å². The highest BCUT2D eigenvalue weighted by atomic mass is 16.2. The van der Waals surface area contributed by atoms with E-state index in [-0.39, 0.29) is 5.41 Å². The number of hydrogen-bond acceptors (Lipinski definition) is 2. The molecule has 4 nitrogen and oxygen atoms in total. The highest BCUT2D eigenvalue weighted by molar-refractivity contribution is 5.98. The number of rotatable bonds is 3. The predicted octanol–water partition coefficient (Wildman–Crippen LogP) is 3.86. The van der Waals surface area contributed by atoms with E-state index in [0.29, 0.717) is 5.91 Å². The summed E-state index contributed by atoms with van der Waals surface area (Å²) in [5.74, 6) is 0.322. The Morgan fingerprint density at radius 1 is 0.926 bits per heavy atom. The van der Waals surface area contributed by atoms with Crippen molar-refractivity contribution >= 4 is 22.5 Å². The van der Waals surface area contributed by atoms with Crippen LogP contribution in [-0.2, 0) is 10.2 Å². The first-order valence-corrected chi connectivity index (χ1v) is 9.86. The van der Waals surface area contributed by atoms with Gasteiger partial charge in [-0.2, -0.15) is 0 Å². The molecule has 2 heterocycles. The summed E-state index contributed by atoms with van der Waals surface area (Å²) in [4.78, 5) is 21.5. The van der Waals surface area contributed by atoms with Crippen LogP contribution in [0.15, 0.2) is 54.6 Å². The molecule has 2 aromatic carbocycles. The molecule has 27 heavy (non-hydrogen) atoms. The zero-order valence-corrected chi connectivity index (χ0v) is 15.7. The van der Waals surface area contributed by atoms with Gasteiger partial charge in [-0.05, 0) is 43.5 Å². The maximum Gasteiger partial charge on any atom is 0.233 e. The summed E-state index contributed by atoms with van der Waals surface area (Å²) in [5, 5.41) is 1.21. The number of piperazine rings is 1. The lowest BCUT2D eigenvalue weighted by Gasteiger charge is -2.38. The summed E-state index contributed by atoms with van der Waals surface area (Å²) in [7, 11) is 0. The fourth-order valence-electron chi connectivity index (χ4n) is 4.70. The molecule has 3 aromatic rings. The fourth-order valence-corrected chi connectivity index (χ4v) is 4.70.